The number of benzene rings is 1. The maximum Gasteiger partial charge on any atom is 0.250 e. The van der Waals surface area contributed by atoms with Gasteiger partial charge in [0.1, 0.15) is 5.75 Å². The topological polar surface area (TPSA) is 60.2 Å². The number of hydrogen-bond acceptors (Lipinski definition) is 5. The van der Waals surface area contributed by atoms with Crippen LogP contribution in [0.1, 0.15) is 23.7 Å². The Morgan fingerprint density at radius 3 is 2.85 bits per heavy atom. The van der Waals surface area contributed by atoms with Gasteiger partial charge in [0.05, 0.1) is 18.3 Å². The fraction of sp³-hybridized carbons (Fsp3) is 0.381. The molecular formula is C21H22N4O2. The second-order valence-electron chi connectivity index (χ2n) is 7.60. The highest BCUT2D eigenvalue weighted by atomic mass is 16.5. The van der Waals surface area contributed by atoms with Gasteiger partial charge in [-0.3, -0.25) is 4.79 Å². The summed E-state index contributed by atoms with van der Waals surface area (Å²) in [7, 11) is 1.67. The fourth-order valence-corrected chi connectivity index (χ4v) is 4.58. The number of nitrogens with zero attached hydrogens (tertiary/aromatic N) is 4. The van der Waals surface area contributed by atoms with Crippen molar-refractivity contribution >= 4 is 16.9 Å². The number of methoxy groups -OCH3 is 1. The molecule has 0 radical (unpaired) electrons. The van der Waals surface area contributed by atoms with Crippen LogP contribution in [0.2, 0.25) is 0 Å². The Morgan fingerprint density at radius 1 is 1.11 bits per heavy atom. The summed E-state index contributed by atoms with van der Waals surface area (Å²) >= 11 is 0. The molecule has 0 aliphatic carbocycles. The van der Waals surface area contributed by atoms with Gasteiger partial charge in [0.2, 0.25) is 5.95 Å². The third kappa shape index (κ3) is 2.67. The van der Waals surface area contributed by atoms with E-state index >= 15 is 0 Å². The van der Waals surface area contributed by atoms with Crippen molar-refractivity contribution in [2.75, 3.05) is 25.1 Å². The van der Waals surface area contributed by atoms with Crippen LogP contribution in [-0.4, -0.2) is 34.7 Å². The summed E-state index contributed by atoms with van der Waals surface area (Å²) in [5, 5.41) is 1.05. The van der Waals surface area contributed by atoms with Crippen LogP contribution >= 0.6 is 0 Å². The molecule has 27 heavy (non-hydrogen) atoms. The van der Waals surface area contributed by atoms with Gasteiger partial charge < -0.3 is 14.2 Å². The van der Waals surface area contributed by atoms with E-state index in [1.165, 1.54) is 0 Å². The summed E-state index contributed by atoms with van der Waals surface area (Å²) in [6.07, 6.45) is 1.13. The molecule has 0 spiro atoms. The molecule has 6 nitrogen and oxygen atoms in total. The number of aryl methyl sites for hydroxylation is 1. The zero-order valence-electron chi connectivity index (χ0n) is 15.6. The summed E-state index contributed by atoms with van der Waals surface area (Å²) in [5.41, 5.74) is 3.14. The SMILES string of the molecule is COc1ccc2c(C)nc(N3C[C@H]4C[C@@H](C3)c3cccc(=O)n3C4)nc2c1. The largest absolute Gasteiger partial charge is 0.497 e. The molecule has 0 amide bonds. The maximum atomic E-state index is 12.2. The van der Waals surface area contributed by atoms with Crippen LogP contribution in [-0.2, 0) is 6.54 Å². The quantitative estimate of drug-likeness (QED) is 0.702. The maximum absolute atomic E-state index is 12.2. The minimum Gasteiger partial charge on any atom is -0.497 e. The first-order valence-corrected chi connectivity index (χ1v) is 9.39. The Balaban J connectivity index is 1.54. The lowest BCUT2D eigenvalue weighted by Crippen LogP contribution is -2.47. The van der Waals surface area contributed by atoms with E-state index < -0.39 is 0 Å². The lowest BCUT2D eigenvalue weighted by molar-refractivity contribution is 0.279. The summed E-state index contributed by atoms with van der Waals surface area (Å²) in [4.78, 5) is 24.1. The molecule has 2 aliphatic heterocycles. The Bertz CT molecular complexity index is 1090. The van der Waals surface area contributed by atoms with Crippen molar-refractivity contribution in [1.82, 2.24) is 14.5 Å². The Kier molecular flexibility index (Phi) is 3.67. The normalized spacial score (nSPS) is 21.2. The van der Waals surface area contributed by atoms with Crippen molar-refractivity contribution < 1.29 is 4.74 Å². The van der Waals surface area contributed by atoms with Gasteiger partial charge in [-0.1, -0.05) is 6.07 Å². The minimum atomic E-state index is 0.112. The van der Waals surface area contributed by atoms with Gasteiger partial charge in [-0.25, -0.2) is 9.97 Å². The fourth-order valence-electron chi connectivity index (χ4n) is 4.58. The van der Waals surface area contributed by atoms with E-state index in [4.69, 9.17) is 14.7 Å². The number of fused-ring (bicyclic) bond motifs is 5. The molecule has 1 aromatic carbocycles. The molecule has 2 aromatic heterocycles. The van der Waals surface area contributed by atoms with Crippen molar-refractivity contribution in [1.29, 1.82) is 0 Å². The van der Waals surface area contributed by atoms with E-state index in [0.29, 0.717) is 11.8 Å². The number of piperidine rings is 1. The Labute approximate surface area is 157 Å². The van der Waals surface area contributed by atoms with Gasteiger partial charge in [-0.15, -0.1) is 0 Å². The third-order valence-corrected chi connectivity index (χ3v) is 5.85. The smallest absolute Gasteiger partial charge is 0.250 e. The van der Waals surface area contributed by atoms with Gasteiger partial charge >= 0.3 is 0 Å². The molecule has 0 N–H and O–H groups in total. The number of ether oxygens (including phenoxy) is 1. The number of pyridine rings is 1. The first-order valence-electron chi connectivity index (χ1n) is 9.39. The Morgan fingerprint density at radius 2 is 2.00 bits per heavy atom. The van der Waals surface area contributed by atoms with E-state index in [2.05, 4.69) is 11.0 Å². The Hall–Kier alpha value is -2.89. The van der Waals surface area contributed by atoms with Crippen LogP contribution in [0.5, 0.6) is 5.75 Å². The summed E-state index contributed by atoms with van der Waals surface area (Å²) in [6.45, 7) is 4.53. The predicted octanol–water partition coefficient (Wildman–Crippen LogP) is 2.73. The van der Waals surface area contributed by atoms with Crippen molar-refractivity contribution in [3.63, 3.8) is 0 Å². The average molecular weight is 362 g/mol. The van der Waals surface area contributed by atoms with E-state index in [1.54, 1.807) is 13.2 Å². The van der Waals surface area contributed by atoms with Gasteiger partial charge in [-0.05, 0) is 37.5 Å². The third-order valence-electron chi connectivity index (χ3n) is 5.85. The van der Waals surface area contributed by atoms with Gasteiger partial charge in [0.15, 0.2) is 0 Å². The highest BCUT2D eigenvalue weighted by Gasteiger charge is 2.35. The molecule has 138 valence electrons. The molecule has 3 aromatic rings. The molecule has 2 bridgehead atoms. The monoisotopic (exact) mass is 362 g/mol. The first kappa shape index (κ1) is 16.3. The standard InChI is InChI=1S/C21H22N4O2/c1-13-17-7-6-16(27-2)9-18(17)23-21(22-13)24-10-14-8-15(12-24)19-4-3-5-20(26)25(19)11-14/h3-7,9,14-15H,8,10-12H2,1-2H3/t14-,15+/m1/s1. The second-order valence-corrected chi connectivity index (χ2v) is 7.60. The molecule has 6 heteroatoms. The number of anilines is 1. The molecule has 0 saturated carbocycles. The highest BCUT2D eigenvalue weighted by Crippen LogP contribution is 2.36. The summed E-state index contributed by atoms with van der Waals surface area (Å²) in [5.74, 6) is 2.36. The summed E-state index contributed by atoms with van der Waals surface area (Å²) < 4.78 is 7.30. The average Bonchev–Trinajstić information content (AvgIpc) is 2.68. The van der Waals surface area contributed by atoms with Crippen molar-refractivity contribution in [3.05, 3.63) is 58.1 Å². The van der Waals surface area contributed by atoms with E-state index in [9.17, 15) is 4.79 Å². The molecule has 0 unspecified atom stereocenters. The molecule has 5 rings (SSSR count). The van der Waals surface area contributed by atoms with Crippen LogP contribution in [0.25, 0.3) is 10.9 Å². The van der Waals surface area contributed by atoms with Crippen molar-refractivity contribution in [2.45, 2.75) is 25.8 Å². The van der Waals surface area contributed by atoms with Crippen LogP contribution < -0.4 is 15.2 Å². The molecule has 2 atom stereocenters. The molecule has 1 saturated heterocycles. The van der Waals surface area contributed by atoms with E-state index in [1.807, 2.05) is 35.8 Å². The van der Waals surface area contributed by atoms with Crippen LogP contribution in [0.3, 0.4) is 0 Å². The van der Waals surface area contributed by atoms with Gasteiger partial charge in [0.25, 0.3) is 5.56 Å². The molecule has 4 heterocycles. The van der Waals surface area contributed by atoms with Crippen LogP contribution in [0.15, 0.2) is 41.2 Å². The minimum absolute atomic E-state index is 0.112. The number of hydrogen-bond donors (Lipinski definition) is 0. The zero-order chi connectivity index (χ0) is 18.5. The summed E-state index contributed by atoms with van der Waals surface area (Å²) in [6, 6.07) is 11.5. The van der Waals surface area contributed by atoms with E-state index in [0.717, 1.165) is 60.0 Å². The van der Waals surface area contributed by atoms with Gasteiger partial charge in [0, 0.05) is 48.8 Å². The lowest BCUT2D eigenvalue weighted by atomic mass is 9.83. The van der Waals surface area contributed by atoms with Crippen LogP contribution in [0.4, 0.5) is 5.95 Å². The lowest BCUT2D eigenvalue weighted by Gasteiger charge is -2.42. The highest BCUT2D eigenvalue weighted by molar-refractivity contribution is 5.83. The van der Waals surface area contributed by atoms with E-state index in [-0.39, 0.29) is 5.56 Å². The van der Waals surface area contributed by atoms with Crippen molar-refractivity contribution in [3.8, 4) is 5.75 Å². The molecule has 1 fully saturated rings. The molecule has 2 aliphatic rings. The van der Waals surface area contributed by atoms with Crippen molar-refractivity contribution in [2.24, 2.45) is 5.92 Å². The molecular weight excluding hydrogens is 340 g/mol. The second kappa shape index (κ2) is 6.08. The number of rotatable bonds is 2. The van der Waals surface area contributed by atoms with Crippen LogP contribution in [0, 0.1) is 12.8 Å². The first-order chi connectivity index (χ1) is 13.1. The van der Waals surface area contributed by atoms with Gasteiger partial charge in [-0.2, -0.15) is 0 Å². The number of aromatic nitrogens is 3. The zero-order valence-corrected chi connectivity index (χ0v) is 15.6. The predicted molar refractivity (Wildman–Crippen MR) is 105 cm³/mol.